The Morgan fingerprint density at radius 1 is 1.14 bits per heavy atom. The van der Waals surface area contributed by atoms with E-state index >= 15 is 0 Å². The molecule has 0 N–H and O–H groups in total. The lowest BCUT2D eigenvalue weighted by Crippen LogP contribution is -2.27. The lowest BCUT2D eigenvalue weighted by atomic mass is 10.3. The van der Waals surface area contributed by atoms with Crippen LogP contribution in [0.5, 0.6) is 5.75 Å². The Morgan fingerprint density at radius 3 is 2.41 bits per heavy atom. The number of methoxy groups -OCH3 is 1. The van der Waals surface area contributed by atoms with E-state index in [2.05, 4.69) is 0 Å². The van der Waals surface area contributed by atoms with Gasteiger partial charge in [-0.2, -0.15) is 0 Å². The van der Waals surface area contributed by atoms with Crippen molar-refractivity contribution in [1.29, 1.82) is 0 Å². The molecule has 0 atom stereocenters. The van der Waals surface area contributed by atoms with Gasteiger partial charge in [-0.3, -0.25) is 4.31 Å². The van der Waals surface area contributed by atoms with Crippen LogP contribution in [-0.4, -0.2) is 22.6 Å². The zero-order valence-corrected chi connectivity index (χ0v) is 14.0. The SMILES string of the molecule is COc1ccc(S(=O)(=O)N(C)c2cc(Cl)ccc2Cl)cc1F. The first-order valence-corrected chi connectivity index (χ1v) is 8.24. The molecule has 0 fully saturated rings. The highest BCUT2D eigenvalue weighted by atomic mass is 35.5. The molecule has 0 aliphatic rings. The molecule has 8 heteroatoms. The summed E-state index contributed by atoms with van der Waals surface area (Å²) in [6, 6.07) is 7.84. The van der Waals surface area contributed by atoms with Crippen molar-refractivity contribution in [3.05, 3.63) is 52.3 Å². The molecule has 0 aliphatic carbocycles. The number of ether oxygens (including phenoxy) is 1. The van der Waals surface area contributed by atoms with E-state index in [4.69, 9.17) is 27.9 Å². The van der Waals surface area contributed by atoms with E-state index in [1.165, 1.54) is 38.4 Å². The third kappa shape index (κ3) is 3.14. The highest BCUT2D eigenvalue weighted by Crippen LogP contribution is 2.32. The highest BCUT2D eigenvalue weighted by molar-refractivity contribution is 7.92. The number of anilines is 1. The summed E-state index contributed by atoms with van der Waals surface area (Å²) in [6.45, 7) is 0. The Kier molecular flexibility index (Phi) is 4.84. The average Bonchev–Trinajstić information content (AvgIpc) is 2.48. The van der Waals surface area contributed by atoms with Gasteiger partial charge in [-0.15, -0.1) is 0 Å². The molecule has 0 saturated carbocycles. The van der Waals surface area contributed by atoms with Crippen molar-refractivity contribution in [2.24, 2.45) is 0 Å². The van der Waals surface area contributed by atoms with Gasteiger partial charge in [0.1, 0.15) is 0 Å². The molecule has 22 heavy (non-hydrogen) atoms. The summed E-state index contributed by atoms with van der Waals surface area (Å²) in [6.07, 6.45) is 0. The van der Waals surface area contributed by atoms with Gasteiger partial charge in [-0.05, 0) is 36.4 Å². The van der Waals surface area contributed by atoms with Gasteiger partial charge in [0.15, 0.2) is 11.6 Å². The zero-order valence-electron chi connectivity index (χ0n) is 11.7. The quantitative estimate of drug-likeness (QED) is 0.825. The molecule has 0 spiro atoms. The molecule has 0 unspecified atom stereocenters. The summed E-state index contributed by atoms with van der Waals surface area (Å²) in [5.74, 6) is -0.809. The van der Waals surface area contributed by atoms with Gasteiger partial charge >= 0.3 is 0 Å². The molecular weight excluding hydrogens is 352 g/mol. The summed E-state index contributed by atoms with van der Waals surface area (Å²) in [5, 5.41) is 0.548. The molecule has 0 saturated heterocycles. The van der Waals surface area contributed by atoms with Crippen molar-refractivity contribution < 1.29 is 17.5 Å². The van der Waals surface area contributed by atoms with Crippen molar-refractivity contribution in [3.63, 3.8) is 0 Å². The van der Waals surface area contributed by atoms with Crippen LogP contribution in [0.2, 0.25) is 10.0 Å². The van der Waals surface area contributed by atoms with Gasteiger partial charge in [-0.25, -0.2) is 12.8 Å². The van der Waals surface area contributed by atoms with Crippen molar-refractivity contribution in [1.82, 2.24) is 0 Å². The molecule has 0 aliphatic heterocycles. The van der Waals surface area contributed by atoms with Gasteiger partial charge in [0.05, 0.1) is 22.7 Å². The van der Waals surface area contributed by atoms with E-state index in [9.17, 15) is 12.8 Å². The van der Waals surface area contributed by atoms with Crippen LogP contribution < -0.4 is 9.04 Å². The van der Waals surface area contributed by atoms with E-state index in [0.29, 0.717) is 5.02 Å². The van der Waals surface area contributed by atoms with E-state index < -0.39 is 15.8 Å². The number of hydrogen-bond donors (Lipinski definition) is 0. The van der Waals surface area contributed by atoms with Crippen molar-refractivity contribution in [2.45, 2.75) is 4.90 Å². The van der Waals surface area contributed by atoms with E-state index in [-0.39, 0.29) is 21.4 Å². The summed E-state index contributed by atoms with van der Waals surface area (Å²) in [7, 11) is -1.37. The Bertz CT molecular complexity index is 812. The molecule has 118 valence electrons. The van der Waals surface area contributed by atoms with Crippen molar-refractivity contribution >= 4 is 38.9 Å². The van der Waals surface area contributed by atoms with Gasteiger partial charge in [0, 0.05) is 12.1 Å². The fourth-order valence-corrected chi connectivity index (χ4v) is 3.50. The standard InChI is InChI=1S/C14H12Cl2FNO3S/c1-18(13-7-9(15)3-5-11(13)16)22(19,20)10-4-6-14(21-2)12(17)8-10/h3-8H,1-2H3. The Morgan fingerprint density at radius 2 is 1.82 bits per heavy atom. The maximum absolute atomic E-state index is 13.7. The smallest absolute Gasteiger partial charge is 0.264 e. The normalized spacial score (nSPS) is 11.3. The van der Waals surface area contributed by atoms with Crippen LogP contribution in [-0.2, 0) is 10.0 Å². The Balaban J connectivity index is 2.49. The van der Waals surface area contributed by atoms with Crippen LogP contribution in [0.4, 0.5) is 10.1 Å². The van der Waals surface area contributed by atoms with Crippen molar-refractivity contribution in [3.8, 4) is 5.75 Å². The fourth-order valence-electron chi connectivity index (χ4n) is 1.82. The first-order chi connectivity index (χ1) is 10.3. The minimum Gasteiger partial charge on any atom is -0.494 e. The largest absolute Gasteiger partial charge is 0.494 e. The molecule has 0 heterocycles. The molecule has 2 aromatic rings. The maximum atomic E-state index is 13.7. The first kappa shape index (κ1) is 16.9. The van der Waals surface area contributed by atoms with Gasteiger partial charge < -0.3 is 4.74 Å². The van der Waals surface area contributed by atoms with Crippen LogP contribution in [0.1, 0.15) is 0 Å². The highest BCUT2D eigenvalue weighted by Gasteiger charge is 2.24. The molecule has 4 nitrogen and oxygen atoms in total. The first-order valence-electron chi connectivity index (χ1n) is 6.05. The molecule has 0 amide bonds. The minimum absolute atomic E-state index is 0.0395. The Labute approximate surface area is 138 Å². The number of rotatable bonds is 4. The fraction of sp³-hybridized carbons (Fsp3) is 0.143. The summed E-state index contributed by atoms with van der Waals surface area (Å²) < 4.78 is 44.6. The number of sulfonamides is 1. The van der Waals surface area contributed by atoms with E-state index in [1.54, 1.807) is 6.07 Å². The second kappa shape index (κ2) is 6.32. The van der Waals surface area contributed by atoms with Crippen LogP contribution >= 0.6 is 23.2 Å². The van der Waals surface area contributed by atoms with E-state index in [1.807, 2.05) is 0 Å². The minimum atomic E-state index is -3.98. The average molecular weight is 364 g/mol. The molecule has 0 radical (unpaired) electrons. The molecular formula is C14H12Cl2FNO3S. The van der Waals surface area contributed by atoms with Gasteiger partial charge in [-0.1, -0.05) is 23.2 Å². The van der Waals surface area contributed by atoms with Gasteiger partial charge in [0.2, 0.25) is 0 Å². The molecule has 2 rings (SSSR count). The topological polar surface area (TPSA) is 46.6 Å². The van der Waals surface area contributed by atoms with Crippen LogP contribution in [0.25, 0.3) is 0 Å². The van der Waals surface area contributed by atoms with Gasteiger partial charge in [0.25, 0.3) is 10.0 Å². The summed E-state index contributed by atoms with van der Waals surface area (Å²) in [5.41, 5.74) is 0.199. The summed E-state index contributed by atoms with van der Waals surface area (Å²) in [4.78, 5) is -0.218. The predicted molar refractivity (Wildman–Crippen MR) is 85.0 cm³/mol. The molecule has 0 aromatic heterocycles. The third-order valence-electron chi connectivity index (χ3n) is 3.03. The number of hydrogen-bond acceptors (Lipinski definition) is 3. The third-order valence-corrected chi connectivity index (χ3v) is 5.35. The number of nitrogens with zero attached hydrogens (tertiary/aromatic N) is 1. The second-order valence-electron chi connectivity index (χ2n) is 4.36. The zero-order chi connectivity index (χ0) is 16.5. The lowest BCUT2D eigenvalue weighted by molar-refractivity contribution is 0.385. The van der Waals surface area contributed by atoms with Crippen molar-refractivity contribution in [2.75, 3.05) is 18.5 Å². The van der Waals surface area contributed by atoms with Crippen LogP contribution in [0.3, 0.4) is 0 Å². The predicted octanol–water partition coefficient (Wildman–Crippen LogP) is 3.97. The van der Waals surface area contributed by atoms with Crippen LogP contribution in [0.15, 0.2) is 41.3 Å². The number of halogens is 3. The lowest BCUT2D eigenvalue weighted by Gasteiger charge is -2.21. The molecule has 2 aromatic carbocycles. The van der Waals surface area contributed by atoms with Crippen LogP contribution in [0, 0.1) is 5.82 Å². The Hall–Kier alpha value is -1.50. The monoisotopic (exact) mass is 363 g/mol. The molecule has 0 bridgehead atoms. The van der Waals surface area contributed by atoms with E-state index in [0.717, 1.165) is 10.4 Å². The summed E-state index contributed by atoms with van der Waals surface area (Å²) >= 11 is 11.9. The second-order valence-corrected chi connectivity index (χ2v) is 7.18. The number of benzene rings is 2. The maximum Gasteiger partial charge on any atom is 0.264 e.